The van der Waals surface area contributed by atoms with Gasteiger partial charge >= 0.3 is 0 Å². The van der Waals surface area contributed by atoms with Crippen LogP contribution in [0.5, 0.6) is 5.75 Å². The number of ether oxygens (including phenoxy) is 2. The predicted molar refractivity (Wildman–Crippen MR) is 122 cm³/mol. The molecule has 0 aliphatic heterocycles. The van der Waals surface area contributed by atoms with Gasteiger partial charge in [-0.05, 0) is 85.3 Å². The van der Waals surface area contributed by atoms with Crippen molar-refractivity contribution >= 4 is 5.78 Å². The SMILES string of the molecule is C#C[C@]1(OC)CC[C@H]2[C@@H]3CCC4=CC(=O)CCC4=C3[C@@H](c3ccc(OC)cc3)C[C@@]21C. The van der Waals surface area contributed by atoms with Crippen molar-refractivity contribution in [1.82, 2.24) is 0 Å². The van der Waals surface area contributed by atoms with Gasteiger partial charge < -0.3 is 9.47 Å². The van der Waals surface area contributed by atoms with Gasteiger partial charge in [0.25, 0.3) is 0 Å². The van der Waals surface area contributed by atoms with Crippen molar-refractivity contribution in [2.45, 2.75) is 63.4 Å². The lowest BCUT2D eigenvalue weighted by Crippen LogP contribution is -2.51. The van der Waals surface area contributed by atoms with Gasteiger partial charge in [0.2, 0.25) is 0 Å². The van der Waals surface area contributed by atoms with Crippen molar-refractivity contribution < 1.29 is 14.3 Å². The number of fused-ring (bicyclic) bond motifs is 4. The molecular formula is C28H32O3. The lowest BCUT2D eigenvalue weighted by Gasteiger charge is -2.54. The van der Waals surface area contributed by atoms with Crippen LogP contribution in [0, 0.1) is 29.6 Å². The molecule has 1 aromatic rings. The summed E-state index contributed by atoms with van der Waals surface area (Å²) >= 11 is 0. The van der Waals surface area contributed by atoms with E-state index in [2.05, 4.69) is 37.1 Å². The van der Waals surface area contributed by atoms with Gasteiger partial charge in [0.05, 0.1) is 7.11 Å². The first-order chi connectivity index (χ1) is 15.0. The second-order valence-electron chi connectivity index (χ2n) is 9.98. The third-order valence-electron chi connectivity index (χ3n) is 8.95. The number of allylic oxidation sites excluding steroid dienone is 4. The summed E-state index contributed by atoms with van der Waals surface area (Å²) in [6.07, 6.45) is 14.7. The summed E-state index contributed by atoms with van der Waals surface area (Å²) < 4.78 is 11.5. The molecule has 0 aromatic heterocycles. The highest BCUT2D eigenvalue weighted by Gasteiger charge is 2.63. The topological polar surface area (TPSA) is 35.5 Å². The Bertz CT molecular complexity index is 1010. The Kier molecular flexibility index (Phi) is 4.90. The molecule has 1 aromatic carbocycles. The van der Waals surface area contributed by atoms with E-state index < -0.39 is 5.60 Å². The molecule has 0 heterocycles. The van der Waals surface area contributed by atoms with E-state index in [0.29, 0.717) is 24.2 Å². The van der Waals surface area contributed by atoms with Crippen LogP contribution in [0.15, 0.2) is 47.1 Å². The molecule has 0 N–H and O–H groups in total. The summed E-state index contributed by atoms with van der Waals surface area (Å²) in [7, 11) is 3.50. The maximum Gasteiger partial charge on any atom is 0.156 e. The Morgan fingerprint density at radius 2 is 1.87 bits per heavy atom. The predicted octanol–water partition coefficient (Wildman–Crippen LogP) is 5.61. The van der Waals surface area contributed by atoms with Gasteiger partial charge in [0, 0.05) is 24.9 Å². The molecule has 5 rings (SSSR count). The van der Waals surface area contributed by atoms with Gasteiger partial charge in [0.15, 0.2) is 5.78 Å². The molecule has 2 saturated carbocycles. The molecule has 2 fully saturated rings. The van der Waals surface area contributed by atoms with E-state index in [4.69, 9.17) is 15.9 Å². The molecule has 3 nitrogen and oxygen atoms in total. The second kappa shape index (κ2) is 7.38. The second-order valence-corrected chi connectivity index (χ2v) is 9.98. The molecule has 4 aliphatic rings. The Balaban J connectivity index is 1.68. The zero-order valence-corrected chi connectivity index (χ0v) is 18.9. The first-order valence-corrected chi connectivity index (χ1v) is 11.6. The molecule has 0 radical (unpaired) electrons. The molecule has 0 unspecified atom stereocenters. The van der Waals surface area contributed by atoms with Crippen LogP contribution in [0.3, 0.4) is 0 Å². The fraction of sp³-hybridized carbons (Fsp3) is 0.536. The molecule has 31 heavy (non-hydrogen) atoms. The molecule has 4 aliphatic carbocycles. The van der Waals surface area contributed by atoms with Gasteiger partial charge in [-0.1, -0.05) is 30.6 Å². The molecule has 5 atom stereocenters. The fourth-order valence-corrected chi connectivity index (χ4v) is 7.41. The number of ketones is 1. The highest BCUT2D eigenvalue weighted by molar-refractivity contribution is 5.93. The quantitative estimate of drug-likeness (QED) is 0.601. The van der Waals surface area contributed by atoms with Gasteiger partial charge in [-0.2, -0.15) is 0 Å². The lowest BCUT2D eigenvalue weighted by atomic mass is 9.51. The van der Waals surface area contributed by atoms with E-state index >= 15 is 0 Å². The number of terminal acetylenes is 1. The van der Waals surface area contributed by atoms with Crippen molar-refractivity contribution in [3.8, 4) is 18.1 Å². The molecule has 0 spiro atoms. The monoisotopic (exact) mass is 416 g/mol. The standard InChI is InChI=1S/C28H32O3/c1-5-28(31-4)15-14-25-23-12-8-19-16-20(29)9-13-22(19)26(23)24(17-27(25,28)2)18-6-10-21(30-3)11-7-18/h1,6-7,10-11,16,23-25H,8-9,12-15,17H2,2-4H3/t23-,24+,25-,27-,28-/m0/s1. The number of methoxy groups -OCH3 is 2. The Morgan fingerprint density at radius 3 is 2.55 bits per heavy atom. The summed E-state index contributed by atoms with van der Waals surface area (Å²) in [6.45, 7) is 2.38. The Hall–Kier alpha value is -2.31. The number of benzene rings is 1. The largest absolute Gasteiger partial charge is 0.497 e. The van der Waals surface area contributed by atoms with E-state index in [1.807, 2.05) is 6.08 Å². The summed E-state index contributed by atoms with van der Waals surface area (Å²) in [6, 6.07) is 8.55. The maximum atomic E-state index is 12.1. The zero-order chi connectivity index (χ0) is 21.8. The van der Waals surface area contributed by atoms with Crippen molar-refractivity contribution in [2.75, 3.05) is 14.2 Å². The molecule has 0 bridgehead atoms. The van der Waals surface area contributed by atoms with Crippen LogP contribution in [-0.2, 0) is 9.53 Å². The van der Waals surface area contributed by atoms with Crippen molar-refractivity contribution in [1.29, 1.82) is 0 Å². The normalized spacial score (nSPS) is 36.8. The molecule has 0 saturated heterocycles. The number of carbonyl (C=O) groups is 1. The van der Waals surface area contributed by atoms with Crippen LogP contribution in [-0.4, -0.2) is 25.6 Å². The first-order valence-electron chi connectivity index (χ1n) is 11.6. The van der Waals surface area contributed by atoms with Crippen LogP contribution in [0.4, 0.5) is 0 Å². The third-order valence-corrected chi connectivity index (χ3v) is 8.95. The lowest BCUT2D eigenvalue weighted by molar-refractivity contribution is -0.114. The van der Waals surface area contributed by atoms with Gasteiger partial charge in [0.1, 0.15) is 11.4 Å². The van der Waals surface area contributed by atoms with Crippen molar-refractivity contribution in [3.63, 3.8) is 0 Å². The minimum absolute atomic E-state index is 0.0679. The Labute approximate surface area is 185 Å². The fourth-order valence-electron chi connectivity index (χ4n) is 7.41. The highest BCUT2D eigenvalue weighted by atomic mass is 16.5. The minimum atomic E-state index is -0.503. The van der Waals surface area contributed by atoms with Gasteiger partial charge in [-0.25, -0.2) is 0 Å². The number of rotatable bonds is 3. The van der Waals surface area contributed by atoms with Crippen molar-refractivity contribution in [2.24, 2.45) is 17.3 Å². The van der Waals surface area contributed by atoms with E-state index in [-0.39, 0.29) is 11.2 Å². The zero-order valence-electron chi connectivity index (χ0n) is 18.9. The molecule has 162 valence electrons. The average Bonchev–Trinajstić information content (AvgIpc) is 3.10. The molecular weight excluding hydrogens is 384 g/mol. The highest BCUT2D eigenvalue weighted by Crippen LogP contribution is 2.67. The smallest absolute Gasteiger partial charge is 0.156 e. The Morgan fingerprint density at radius 1 is 1.10 bits per heavy atom. The van der Waals surface area contributed by atoms with Crippen LogP contribution < -0.4 is 4.74 Å². The minimum Gasteiger partial charge on any atom is -0.497 e. The van der Waals surface area contributed by atoms with Crippen LogP contribution in [0.2, 0.25) is 0 Å². The van der Waals surface area contributed by atoms with Gasteiger partial charge in [-0.3, -0.25) is 4.79 Å². The average molecular weight is 417 g/mol. The summed E-state index contributed by atoms with van der Waals surface area (Å²) in [5.41, 5.74) is 5.09. The third kappa shape index (κ3) is 2.88. The maximum absolute atomic E-state index is 12.1. The van der Waals surface area contributed by atoms with Crippen LogP contribution >= 0.6 is 0 Å². The number of hydrogen-bond acceptors (Lipinski definition) is 3. The van der Waals surface area contributed by atoms with E-state index in [1.165, 1.54) is 16.7 Å². The van der Waals surface area contributed by atoms with Crippen molar-refractivity contribution in [3.05, 3.63) is 52.6 Å². The molecule has 0 amide bonds. The van der Waals surface area contributed by atoms with E-state index in [9.17, 15) is 4.79 Å². The number of carbonyl (C=O) groups excluding carboxylic acids is 1. The first kappa shape index (κ1) is 20.6. The summed E-state index contributed by atoms with van der Waals surface area (Å²) in [4.78, 5) is 12.1. The summed E-state index contributed by atoms with van der Waals surface area (Å²) in [5, 5.41) is 0. The van der Waals surface area contributed by atoms with Crippen LogP contribution in [0.1, 0.15) is 63.4 Å². The van der Waals surface area contributed by atoms with E-state index in [1.54, 1.807) is 19.8 Å². The van der Waals surface area contributed by atoms with Gasteiger partial charge in [-0.15, -0.1) is 6.42 Å². The number of hydrogen-bond donors (Lipinski definition) is 0. The molecule has 3 heteroatoms. The summed E-state index contributed by atoms with van der Waals surface area (Å²) in [5.74, 6) is 5.59. The van der Waals surface area contributed by atoms with Crippen LogP contribution in [0.25, 0.3) is 0 Å². The van der Waals surface area contributed by atoms with E-state index in [0.717, 1.165) is 44.3 Å².